The van der Waals surface area contributed by atoms with Crippen molar-refractivity contribution < 1.29 is 5.11 Å². The normalized spacial score (nSPS) is 12.3. The van der Waals surface area contributed by atoms with Crippen molar-refractivity contribution in [3.63, 3.8) is 0 Å². The Bertz CT molecular complexity index is 48.2. The van der Waals surface area contributed by atoms with Gasteiger partial charge in [0.1, 0.15) is 0 Å². The maximum atomic E-state index is 8.99. The Morgan fingerprint density at radius 1 is 1.33 bits per heavy atom. The predicted octanol–water partition coefficient (Wildman–Crippen LogP) is 1.57. The van der Waals surface area contributed by atoms with Gasteiger partial charge in [-0.25, -0.2) is 0 Å². The van der Waals surface area contributed by atoms with E-state index >= 15 is 0 Å². The zero-order valence-corrected chi connectivity index (χ0v) is 7.97. The summed E-state index contributed by atoms with van der Waals surface area (Å²) in [7, 11) is 0. The van der Waals surface area contributed by atoms with Crippen LogP contribution in [0.25, 0.3) is 0 Å². The second kappa shape index (κ2) is 8.73. The molecule has 2 heteroatoms. The van der Waals surface area contributed by atoms with E-state index in [9.17, 15) is 0 Å². The summed E-state index contributed by atoms with van der Waals surface area (Å²) in [6.45, 7) is 4.16. The number of hydrogen-bond acceptors (Lipinski definition) is 1. The zero-order valence-electron chi connectivity index (χ0n) is 6.56. The highest BCUT2D eigenvalue weighted by Crippen LogP contribution is 2.02. The number of hydrogen-bond donors (Lipinski definition) is 1. The van der Waals surface area contributed by atoms with Crippen molar-refractivity contribution in [2.75, 3.05) is 0 Å². The van der Waals surface area contributed by atoms with Gasteiger partial charge in [0.05, 0.1) is 6.10 Å². The molecular weight excluding hydrogens is 124 g/mol. The second-order valence-corrected chi connectivity index (χ2v) is 2.20. The van der Waals surface area contributed by atoms with Gasteiger partial charge in [0.15, 0.2) is 0 Å². The summed E-state index contributed by atoms with van der Waals surface area (Å²) in [5.74, 6) is 0. The Kier molecular flexibility index (Phi) is 12.0. The van der Waals surface area contributed by atoms with E-state index in [2.05, 4.69) is 6.92 Å². The van der Waals surface area contributed by atoms with Crippen molar-refractivity contribution in [1.29, 1.82) is 0 Å². The van der Waals surface area contributed by atoms with Crippen molar-refractivity contribution in [3.8, 4) is 0 Å². The van der Waals surface area contributed by atoms with Crippen LogP contribution in [0.2, 0.25) is 0 Å². The second-order valence-electron chi connectivity index (χ2n) is 2.20. The van der Waals surface area contributed by atoms with Crippen LogP contribution in [0.3, 0.4) is 0 Å². The van der Waals surface area contributed by atoms with Gasteiger partial charge in [-0.15, -0.1) is 0 Å². The summed E-state index contributed by atoms with van der Waals surface area (Å²) < 4.78 is 0. The van der Waals surface area contributed by atoms with Gasteiger partial charge in [0, 0.05) is 23.1 Å². The molecule has 0 aromatic carbocycles. The standard InChI is InChI=1S/C7H16O.Mg/c1-3-5-6-7(8)4-2;/h7-8H,3-6H2,1-2H3;. The average Bonchev–Trinajstić information content (AvgIpc) is 1.83. The highest BCUT2D eigenvalue weighted by Gasteiger charge is 1.96. The van der Waals surface area contributed by atoms with Crippen molar-refractivity contribution in [2.45, 2.75) is 45.6 Å². The minimum atomic E-state index is -0.0463. The fraction of sp³-hybridized carbons (Fsp3) is 1.00. The lowest BCUT2D eigenvalue weighted by molar-refractivity contribution is 0.157. The quantitative estimate of drug-likeness (QED) is 0.588. The fourth-order valence-electron chi connectivity index (χ4n) is 0.644. The Balaban J connectivity index is 0. The average molecular weight is 141 g/mol. The van der Waals surface area contributed by atoms with Gasteiger partial charge in [-0.2, -0.15) is 0 Å². The highest BCUT2D eigenvalue weighted by atomic mass is 24.3. The number of aliphatic hydroxyl groups is 1. The number of unbranched alkanes of at least 4 members (excludes halogenated alkanes) is 1. The summed E-state index contributed by atoms with van der Waals surface area (Å²) in [5, 5.41) is 8.99. The molecule has 0 spiro atoms. The largest absolute Gasteiger partial charge is 0.393 e. The summed E-state index contributed by atoms with van der Waals surface area (Å²) >= 11 is 0. The van der Waals surface area contributed by atoms with Crippen molar-refractivity contribution in [3.05, 3.63) is 0 Å². The molecule has 1 atom stereocenters. The van der Waals surface area contributed by atoms with Gasteiger partial charge in [0.2, 0.25) is 0 Å². The number of rotatable bonds is 4. The monoisotopic (exact) mass is 140 g/mol. The van der Waals surface area contributed by atoms with E-state index in [1.807, 2.05) is 6.92 Å². The maximum Gasteiger partial charge on any atom is 0.0537 e. The highest BCUT2D eigenvalue weighted by molar-refractivity contribution is 5.75. The lowest BCUT2D eigenvalue weighted by Gasteiger charge is -2.03. The summed E-state index contributed by atoms with van der Waals surface area (Å²) in [6, 6.07) is 0. The molecule has 0 aliphatic heterocycles. The smallest absolute Gasteiger partial charge is 0.0537 e. The molecule has 0 aliphatic rings. The Labute approximate surface area is 74.0 Å². The molecule has 0 fully saturated rings. The predicted molar refractivity (Wildman–Crippen MR) is 41.6 cm³/mol. The van der Waals surface area contributed by atoms with Gasteiger partial charge < -0.3 is 5.11 Å². The molecule has 0 saturated carbocycles. The van der Waals surface area contributed by atoms with Crippen LogP contribution >= 0.6 is 0 Å². The van der Waals surface area contributed by atoms with E-state index in [0.29, 0.717) is 0 Å². The van der Waals surface area contributed by atoms with E-state index in [1.54, 1.807) is 0 Å². The molecular formula is C7H16MgO. The molecule has 0 amide bonds. The molecule has 0 saturated heterocycles. The van der Waals surface area contributed by atoms with Crippen LogP contribution < -0.4 is 0 Å². The zero-order chi connectivity index (χ0) is 6.41. The Morgan fingerprint density at radius 2 is 1.89 bits per heavy atom. The Hall–Kier alpha value is 0.726. The third-order valence-corrected chi connectivity index (χ3v) is 1.36. The van der Waals surface area contributed by atoms with E-state index in [1.165, 1.54) is 6.42 Å². The topological polar surface area (TPSA) is 20.2 Å². The number of aliphatic hydroxyl groups excluding tert-OH is 1. The first-order valence-corrected chi connectivity index (χ1v) is 3.49. The molecule has 9 heavy (non-hydrogen) atoms. The summed E-state index contributed by atoms with van der Waals surface area (Å²) in [5.41, 5.74) is 0. The van der Waals surface area contributed by atoms with Crippen LogP contribution in [0.4, 0.5) is 0 Å². The van der Waals surface area contributed by atoms with E-state index in [-0.39, 0.29) is 29.2 Å². The van der Waals surface area contributed by atoms with Gasteiger partial charge in [-0.3, -0.25) is 0 Å². The van der Waals surface area contributed by atoms with Crippen molar-refractivity contribution in [1.82, 2.24) is 0 Å². The van der Waals surface area contributed by atoms with Crippen molar-refractivity contribution >= 4 is 23.1 Å². The lowest BCUT2D eigenvalue weighted by Crippen LogP contribution is -2.02. The molecule has 52 valence electrons. The molecule has 1 nitrogen and oxygen atoms in total. The summed E-state index contributed by atoms with van der Waals surface area (Å²) in [4.78, 5) is 0. The molecule has 1 N–H and O–H groups in total. The third-order valence-electron chi connectivity index (χ3n) is 1.36. The van der Waals surface area contributed by atoms with Crippen LogP contribution in [-0.4, -0.2) is 34.3 Å². The van der Waals surface area contributed by atoms with Crippen molar-refractivity contribution in [2.24, 2.45) is 0 Å². The molecule has 0 aliphatic carbocycles. The van der Waals surface area contributed by atoms with Crippen LogP contribution in [0, 0.1) is 0 Å². The molecule has 0 bridgehead atoms. The molecule has 0 aromatic heterocycles. The van der Waals surface area contributed by atoms with Gasteiger partial charge in [-0.1, -0.05) is 26.7 Å². The van der Waals surface area contributed by atoms with E-state index in [4.69, 9.17) is 5.11 Å². The van der Waals surface area contributed by atoms with Crippen LogP contribution in [0.5, 0.6) is 0 Å². The lowest BCUT2D eigenvalue weighted by atomic mass is 10.1. The molecule has 0 heterocycles. The SMILES string of the molecule is CCCCC(O)CC.[Mg]. The first-order chi connectivity index (χ1) is 3.81. The Morgan fingerprint density at radius 3 is 2.22 bits per heavy atom. The summed E-state index contributed by atoms with van der Waals surface area (Å²) in [6.07, 6.45) is 4.19. The minimum Gasteiger partial charge on any atom is -0.393 e. The van der Waals surface area contributed by atoms with Crippen LogP contribution in [0.15, 0.2) is 0 Å². The fourth-order valence-corrected chi connectivity index (χ4v) is 0.644. The van der Waals surface area contributed by atoms with Crippen LogP contribution in [-0.2, 0) is 0 Å². The van der Waals surface area contributed by atoms with Gasteiger partial charge in [0.25, 0.3) is 0 Å². The van der Waals surface area contributed by atoms with Crippen LogP contribution in [0.1, 0.15) is 39.5 Å². The molecule has 2 radical (unpaired) electrons. The van der Waals surface area contributed by atoms with E-state index < -0.39 is 0 Å². The minimum absolute atomic E-state index is 0. The third kappa shape index (κ3) is 8.73. The first kappa shape index (κ1) is 12.4. The molecule has 0 rings (SSSR count). The maximum absolute atomic E-state index is 8.99. The van der Waals surface area contributed by atoms with Gasteiger partial charge in [-0.05, 0) is 12.8 Å². The molecule has 1 unspecified atom stereocenters. The first-order valence-electron chi connectivity index (χ1n) is 3.49. The van der Waals surface area contributed by atoms with E-state index in [0.717, 1.165) is 19.3 Å². The van der Waals surface area contributed by atoms with Gasteiger partial charge >= 0.3 is 0 Å². The molecule has 0 aromatic rings.